The highest BCUT2D eigenvalue weighted by atomic mass is 35.5. The van der Waals surface area contributed by atoms with Crippen LogP contribution in [0.1, 0.15) is 16.1 Å². The molecule has 0 bridgehead atoms. The molecule has 11 heavy (non-hydrogen) atoms. The van der Waals surface area contributed by atoms with E-state index in [0.717, 1.165) is 5.56 Å². The Hall–Kier alpha value is -1.09. The third-order valence-electron chi connectivity index (χ3n) is 1.27. The number of nitrogens with zero attached hydrogens (tertiary/aromatic N) is 1. The molecule has 0 saturated carbocycles. The molecule has 0 aliphatic rings. The molecule has 0 amide bonds. The maximum atomic E-state index is 10.8. The van der Waals surface area contributed by atoms with Crippen molar-refractivity contribution >= 4 is 17.8 Å². The molecular formula is C7H6ClNO2. The quantitative estimate of drug-likeness (QED) is 0.646. The molecule has 3 nitrogen and oxygen atoms in total. The monoisotopic (exact) mass is 171 g/mol. The third-order valence-corrected chi connectivity index (χ3v) is 1.41. The van der Waals surface area contributed by atoms with Gasteiger partial charge in [-0.15, -0.1) is 0 Å². The first kappa shape index (κ1) is 8.01. The average Bonchev–Trinajstić information content (AvgIpc) is 2.04. The Labute approximate surface area is 69.1 Å². The van der Waals surface area contributed by atoms with Crippen molar-refractivity contribution in [2.75, 3.05) is 0 Å². The minimum Gasteiger partial charge on any atom is -0.342 e. The number of pyridine rings is 1. The van der Waals surface area contributed by atoms with Gasteiger partial charge in [-0.05, 0) is 18.6 Å². The number of halogens is 1. The van der Waals surface area contributed by atoms with Gasteiger partial charge in [0.05, 0.1) is 0 Å². The Balaban J connectivity index is 3.03. The zero-order chi connectivity index (χ0) is 8.27. The van der Waals surface area contributed by atoms with E-state index in [1.807, 2.05) is 0 Å². The Morgan fingerprint density at radius 2 is 2.45 bits per heavy atom. The number of carbonyl (C=O) groups is 1. The molecule has 0 atom stereocenters. The molecule has 1 aromatic rings. The molecule has 0 unspecified atom stereocenters. The number of hydrogen-bond donors (Lipinski definition) is 0. The molecular weight excluding hydrogens is 166 g/mol. The molecule has 0 saturated heterocycles. The highest BCUT2D eigenvalue weighted by Crippen LogP contribution is 2.05. The van der Waals surface area contributed by atoms with Gasteiger partial charge in [-0.2, -0.15) is 0 Å². The van der Waals surface area contributed by atoms with Crippen LogP contribution in [0.25, 0.3) is 0 Å². The average molecular weight is 172 g/mol. The molecule has 0 aliphatic heterocycles. The molecule has 0 fully saturated rings. The predicted octanol–water partition coefficient (Wildman–Crippen LogP) is 1.70. The lowest BCUT2D eigenvalue weighted by Gasteiger charge is -1.97. The van der Waals surface area contributed by atoms with Crippen LogP contribution in [0.15, 0.2) is 18.3 Å². The van der Waals surface area contributed by atoms with Crippen molar-refractivity contribution in [3.05, 3.63) is 29.6 Å². The van der Waals surface area contributed by atoms with Crippen LogP contribution in [0.5, 0.6) is 0 Å². The molecule has 1 rings (SSSR count). The number of aryl methyl sites for hydroxylation is 1. The second-order valence-electron chi connectivity index (χ2n) is 2.03. The van der Waals surface area contributed by atoms with Crippen molar-refractivity contribution in [1.82, 2.24) is 4.98 Å². The Morgan fingerprint density at radius 1 is 1.73 bits per heavy atom. The molecule has 0 aromatic carbocycles. The van der Waals surface area contributed by atoms with Crippen LogP contribution >= 0.6 is 11.9 Å². The van der Waals surface area contributed by atoms with Crippen molar-refractivity contribution in [3.8, 4) is 0 Å². The molecule has 1 aromatic heterocycles. The predicted molar refractivity (Wildman–Crippen MR) is 40.2 cm³/mol. The lowest BCUT2D eigenvalue weighted by Crippen LogP contribution is -2.03. The first-order chi connectivity index (χ1) is 5.25. The van der Waals surface area contributed by atoms with Gasteiger partial charge < -0.3 is 4.29 Å². The fourth-order valence-electron chi connectivity index (χ4n) is 0.736. The molecule has 0 N–H and O–H groups in total. The Bertz CT molecular complexity index is 275. The van der Waals surface area contributed by atoms with Crippen LogP contribution in [0, 0.1) is 6.92 Å². The largest absolute Gasteiger partial charge is 0.375 e. The summed E-state index contributed by atoms with van der Waals surface area (Å²) in [5.74, 6) is -0.621. The van der Waals surface area contributed by atoms with E-state index in [1.165, 1.54) is 6.20 Å². The van der Waals surface area contributed by atoms with Crippen molar-refractivity contribution < 1.29 is 9.08 Å². The van der Waals surface area contributed by atoms with Gasteiger partial charge >= 0.3 is 5.97 Å². The fraction of sp³-hybridized carbons (Fsp3) is 0.143. The number of hydrogen-bond acceptors (Lipinski definition) is 3. The van der Waals surface area contributed by atoms with E-state index in [4.69, 9.17) is 11.9 Å². The smallest absolute Gasteiger partial charge is 0.342 e. The van der Waals surface area contributed by atoms with Gasteiger partial charge in [0.1, 0.15) is 11.9 Å². The maximum Gasteiger partial charge on any atom is 0.375 e. The van der Waals surface area contributed by atoms with Crippen LogP contribution in [0.3, 0.4) is 0 Å². The lowest BCUT2D eigenvalue weighted by molar-refractivity contribution is 0.0744. The van der Waals surface area contributed by atoms with Gasteiger partial charge in [-0.3, -0.25) is 0 Å². The summed E-state index contributed by atoms with van der Waals surface area (Å²) in [4.78, 5) is 14.6. The summed E-state index contributed by atoms with van der Waals surface area (Å²) in [6.45, 7) is 1.76. The second kappa shape index (κ2) is 3.34. The van der Waals surface area contributed by atoms with Gasteiger partial charge in [-0.1, -0.05) is 6.07 Å². The molecule has 0 radical (unpaired) electrons. The first-order valence-corrected chi connectivity index (χ1v) is 3.31. The molecule has 0 spiro atoms. The summed E-state index contributed by atoms with van der Waals surface area (Å²) in [7, 11) is 0. The van der Waals surface area contributed by atoms with Gasteiger partial charge in [0.15, 0.2) is 5.69 Å². The zero-order valence-corrected chi connectivity index (χ0v) is 6.63. The Kier molecular flexibility index (Phi) is 2.44. The van der Waals surface area contributed by atoms with E-state index in [9.17, 15) is 4.79 Å². The van der Waals surface area contributed by atoms with Crippen molar-refractivity contribution in [2.24, 2.45) is 0 Å². The summed E-state index contributed by atoms with van der Waals surface area (Å²) < 4.78 is 3.99. The fourth-order valence-corrected chi connectivity index (χ4v) is 0.809. The van der Waals surface area contributed by atoms with E-state index in [0.29, 0.717) is 0 Å². The van der Waals surface area contributed by atoms with Gasteiger partial charge in [0, 0.05) is 6.20 Å². The summed E-state index contributed by atoms with van der Waals surface area (Å²) in [6.07, 6.45) is 1.51. The molecule has 1 heterocycles. The van der Waals surface area contributed by atoms with E-state index in [-0.39, 0.29) is 5.69 Å². The summed E-state index contributed by atoms with van der Waals surface area (Å²) in [5, 5.41) is 0. The van der Waals surface area contributed by atoms with Crippen LogP contribution < -0.4 is 0 Å². The molecule has 4 heteroatoms. The Morgan fingerprint density at radius 3 is 3.00 bits per heavy atom. The molecule has 0 aliphatic carbocycles. The summed E-state index contributed by atoms with van der Waals surface area (Å²) >= 11 is 4.87. The third kappa shape index (κ3) is 1.68. The minimum absolute atomic E-state index is 0.252. The standard InChI is InChI=1S/C7H6ClNO2/c1-5-3-2-4-9-6(5)7(10)11-8/h2-4H,1H3. The SMILES string of the molecule is Cc1cccnc1C(=O)OCl. The second-order valence-corrected chi connectivity index (χ2v) is 2.19. The highest BCUT2D eigenvalue weighted by Gasteiger charge is 2.09. The summed E-state index contributed by atoms with van der Waals surface area (Å²) in [5.41, 5.74) is 1.00. The van der Waals surface area contributed by atoms with Gasteiger partial charge in [0.25, 0.3) is 0 Å². The van der Waals surface area contributed by atoms with Crippen molar-refractivity contribution in [3.63, 3.8) is 0 Å². The normalized spacial score (nSPS) is 9.27. The maximum absolute atomic E-state index is 10.8. The lowest BCUT2D eigenvalue weighted by atomic mass is 10.2. The van der Waals surface area contributed by atoms with Gasteiger partial charge in [-0.25, -0.2) is 9.78 Å². The van der Waals surface area contributed by atoms with Crippen molar-refractivity contribution in [1.29, 1.82) is 0 Å². The van der Waals surface area contributed by atoms with Crippen LogP contribution in [-0.2, 0) is 4.29 Å². The van der Waals surface area contributed by atoms with Crippen LogP contribution in [0.4, 0.5) is 0 Å². The van der Waals surface area contributed by atoms with Crippen LogP contribution in [-0.4, -0.2) is 11.0 Å². The van der Waals surface area contributed by atoms with Crippen LogP contribution in [0.2, 0.25) is 0 Å². The molecule has 58 valence electrons. The first-order valence-electron chi connectivity index (χ1n) is 3.00. The highest BCUT2D eigenvalue weighted by molar-refractivity contribution is 6.15. The number of rotatable bonds is 1. The van der Waals surface area contributed by atoms with E-state index < -0.39 is 5.97 Å². The van der Waals surface area contributed by atoms with Crippen molar-refractivity contribution in [2.45, 2.75) is 6.92 Å². The van der Waals surface area contributed by atoms with Gasteiger partial charge in [0.2, 0.25) is 0 Å². The minimum atomic E-state index is -0.621. The number of aromatic nitrogens is 1. The van der Waals surface area contributed by atoms with E-state index in [1.54, 1.807) is 19.1 Å². The van der Waals surface area contributed by atoms with E-state index in [2.05, 4.69) is 9.27 Å². The number of carbonyl (C=O) groups excluding carboxylic acids is 1. The topological polar surface area (TPSA) is 39.2 Å². The van der Waals surface area contributed by atoms with E-state index >= 15 is 0 Å². The zero-order valence-electron chi connectivity index (χ0n) is 5.87. The summed E-state index contributed by atoms with van der Waals surface area (Å²) in [6, 6.07) is 3.50.